The molecule has 4 nitrogen and oxygen atoms in total. The van der Waals surface area contributed by atoms with Crippen molar-refractivity contribution in [3.8, 4) is 11.5 Å². The van der Waals surface area contributed by atoms with Crippen LogP contribution in [0.1, 0.15) is 17.4 Å². The van der Waals surface area contributed by atoms with E-state index in [1.54, 1.807) is 12.1 Å². The van der Waals surface area contributed by atoms with Crippen molar-refractivity contribution in [2.75, 3.05) is 25.7 Å². The zero-order chi connectivity index (χ0) is 14.9. The molecule has 1 aromatic carbocycles. The lowest BCUT2D eigenvalue weighted by Gasteiger charge is -2.19. The lowest BCUT2D eigenvalue weighted by molar-refractivity contribution is 0.354. The second-order valence-electron chi connectivity index (χ2n) is 4.79. The third-order valence-corrected chi connectivity index (χ3v) is 6.19. The lowest BCUT2D eigenvalue weighted by Crippen LogP contribution is -2.11. The Labute approximate surface area is 128 Å². The summed E-state index contributed by atoms with van der Waals surface area (Å²) >= 11 is 12.6. The Balaban J connectivity index is 2.33. The quantitative estimate of drug-likeness (QED) is 0.791. The van der Waals surface area contributed by atoms with Gasteiger partial charge in [-0.05, 0) is 24.0 Å². The van der Waals surface area contributed by atoms with Crippen molar-refractivity contribution in [3.63, 3.8) is 0 Å². The topological polar surface area (TPSA) is 52.6 Å². The molecule has 0 N–H and O–H groups in total. The smallest absolute Gasteiger partial charge is 0.162 e. The molecule has 1 fully saturated rings. The van der Waals surface area contributed by atoms with E-state index in [2.05, 4.69) is 0 Å². The van der Waals surface area contributed by atoms with E-state index in [0.717, 1.165) is 0 Å². The van der Waals surface area contributed by atoms with Gasteiger partial charge in [0.25, 0.3) is 0 Å². The molecule has 0 aliphatic carbocycles. The van der Waals surface area contributed by atoms with Gasteiger partial charge in [0, 0.05) is 11.1 Å². The Morgan fingerprint density at radius 1 is 1.25 bits per heavy atom. The molecule has 1 heterocycles. The van der Waals surface area contributed by atoms with Crippen LogP contribution in [0.5, 0.6) is 11.5 Å². The van der Waals surface area contributed by atoms with Gasteiger partial charge in [-0.3, -0.25) is 0 Å². The highest BCUT2D eigenvalue weighted by atomic mass is 35.5. The van der Waals surface area contributed by atoms with Crippen molar-refractivity contribution >= 4 is 33.0 Å². The molecule has 2 rings (SSSR count). The number of hydrogen-bond donors (Lipinski definition) is 0. The molecule has 112 valence electrons. The first kappa shape index (κ1) is 15.7. The van der Waals surface area contributed by atoms with Crippen LogP contribution in [-0.4, -0.2) is 34.1 Å². The average molecular weight is 339 g/mol. The number of halogens is 2. The third kappa shape index (κ3) is 3.15. The minimum absolute atomic E-state index is 0.103. The van der Waals surface area contributed by atoms with Crippen molar-refractivity contribution in [1.29, 1.82) is 0 Å². The molecular weight excluding hydrogens is 323 g/mol. The Bertz CT molecular complexity index is 601. The van der Waals surface area contributed by atoms with Gasteiger partial charge in [0.15, 0.2) is 21.3 Å². The maximum atomic E-state index is 11.5. The monoisotopic (exact) mass is 338 g/mol. The number of sulfone groups is 1. The summed E-state index contributed by atoms with van der Waals surface area (Å²) in [4.78, 5) is 0. The van der Waals surface area contributed by atoms with Crippen molar-refractivity contribution in [2.45, 2.75) is 11.8 Å². The summed E-state index contributed by atoms with van der Waals surface area (Å²) in [6.07, 6.45) is 0.557. The van der Waals surface area contributed by atoms with Gasteiger partial charge in [0.2, 0.25) is 0 Å². The SMILES string of the molecule is COc1cc(Cl)c(C(Cl)C2CCS(=O)(=O)C2)cc1OC. The summed E-state index contributed by atoms with van der Waals surface area (Å²) in [5.74, 6) is 1.21. The molecule has 0 saturated carbocycles. The third-order valence-electron chi connectivity index (χ3n) is 3.48. The summed E-state index contributed by atoms with van der Waals surface area (Å²) in [7, 11) is 0.0767. The summed E-state index contributed by atoms with van der Waals surface area (Å²) in [6, 6.07) is 3.35. The molecule has 1 saturated heterocycles. The molecule has 20 heavy (non-hydrogen) atoms. The molecule has 1 aromatic rings. The highest BCUT2D eigenvalue weighted by Gasteiger charge is 2.34. The number of ether oxygens (including phenoxy) is 2. The van der Waals surface area contributed by atoms with Gasteiger partial charge < -0.3 is 9.47 Å². The maximum Gasteiger partial charge on any atom is 0.162 e. The largest absolute Gasteiger partial charge is 0.493 e. The Hall–Kier alpha value is -0.650. The van der Waals surface area contributed by atoms with Crippen molar-refractivity contribution < 1.29 is 17.9 Å². The maximum absolute atomic E-state index is 11.5. The van der Waals surface area contributed by atoms with Crippen LogP contribution in [0.2, 0.25) is 5.02 Å². The van der Waals surface area contributed by atoms with Crippen LogP contribution in [-0.2, 0) is 9.84 Å². The second kappa shape index (κ2) is 6.00. The second-order valence-corrected chi connectivity index (χ2v) is 7.90. The van der Waals surface area contributed by atoms with Crippen molar-refractivity contribution in [2.24, 2.45) is 5.92 Å². The fraction of sp³-hybridized carbons (Fsp3) is 0.538. The summed E-state index contributed by atoms with van der Waals surface area (Å²) in [5, 5.41) is -0.00784. The van der Waals surface area contributed by atoms with Crippen LogP contribution < -0.4 is 9.47 Å². The van der Waals surface area contributed by atoms with E-state index in [1.807, 2.05) is 0 Å². The predicted octanol–water partition coefficient (Wildman–Crippen LogP) is 3.07. The number of alkyl halides is 1. The normalized spacial score (nSPS) is 22.5. The molecule has 0 radical (unpaired) electrons. The van der Waals surface area contributed by atoms with E-state index in [4.69, 9.17) is 32.7 Å². The van der Waals surface area contributed by atoms with Crippen LogP contribution in [0.15, 0.2) is 12.1 Å². The molecule has 1 aliphatic heterocycles. The predicted molar refractivity (Wildman–Crippen MR) is 79.9 cm³/mol. The Kier molecular flexibility index (Phi) is 4.72. The van der Waals surface area contributed by atoms with E-state index in [0.29, 0.717) is 28.5 Å². The van der Waals surface area contributed by atoms with Crippen LogP contribution >= 0.6 is 23.2 Å². The molecule has 0 aromatic heterocycles. The van der Waals surface area contributed by atoms with Gasteiger partial charge >= 0.3 is 0 Å². The highest BCUT2D eigenvalue weighted by Crippen LogP contribution is 2.43. The fourth-order valence-corrected chi connectivity index (χ4v) is 5.06. The molecule has 0 amide bonds. The van der Waals surface area contributed by atoms with Crippen molar-refractivity contribution in [3.05, 3.63) is 22.7 Å². The zero-order valence-electron chi connectivity index (χ0n) is 11.2. The first-order valence-electron chi connectivity index (χ1n) is 6.14. The first-order chi connectivity index (χ1) is 9.38. The molecule has 2 unspecified atom stereocenters. The number of benzene rings is 1. The molecular formula is C13H16Cl2O4S. The van der Waals surface area contributed by atoms with Gasteiger partial charge in [0.1, 0.15) is 0 Å². The fourth-order valence-electron chi connectivity index (χ4n) is 2.39. The van der Waals surface area contributed by atoms with Crippen molar-refractivity contribution in [1.82, 2.24) is 0 Å². The van der Waals surface area contributed by atoms with Crippen LogP contribution in [0, 0.1) is 5.92 Å². The van der Waals surface area contributed by atoms with Crippen LogP contribution in [0.4, 0.5) is 0 Å². The standard InChI is InChI=1S/C13H16Cl2O4S/c1-18-11-5-9(10(14)6-12(11)19-2)13(15)8-3-4-20(16,17)7-8/h5-6,8,13H,3-4,7H2,1-2H3. The van der Waals surface area contributed by atoms with Gasteiger partial charge in [-0.25, -0.2) is 8.42 Å². The van der Waals surface area contributed by atoms with Gasteiger partial charge in [-0.15, -0.1) is 11.6 Å². The summed E-state index contributed by atoms with van der Waals surface area (Å²) < 4.78 is 33.5. The average Bonchev–Trinajstić information content (AvgIpc) is 2.78. The van der Waals surface area contributed by atoms with E-state index < -0.39 is 15.2 Å². The molecule has 2 atom stereocenters. The van der Waals surface area contributed by atoms with E-state index >= 15 is 0 Å². The van der Waals surface area contributed by atoms with Crippen LogP contribution in [0.3, 0.4) is 0 Å². The molecule has 0 bridgehead atoms. The number of methoxy groups -OCH3 is 2. The van der Waals surface area contributed by atoms with E-state index in [9.17, 15) is 8.42 Å². The van der Waals surface area contributed by atoms with Gasteiger partial charge in [-0.2, -0.15) is 0 Å². The first-order valence-corrected chi connectivity index (χ1v) is 8.77. The summed E-state index contributed by atoms with van der Waals surface area (Å²) in [5.41, 5.74) is 0.674. The van der Waals surface area contributed by atoms with E-state index in [1.165, 1.54) is 14.2 Å². The van der Waals surface area contributed by atoms with Gasteiger partial charge in [-0.1, -0.05) is 11.6 Å². The van der Waals surface area contributed by atoms with Crippen LogP contribution in [0.25, 0.3) is 0 Å². The van der Waals surface area contributed by atoms with E-state index in [-0.39, 0.29) is 17.4 Å². The number of hydrogen-bond acceptors (Lipinski definition) is 4. The number of rotatable bonds is 4. The summed E-state index contributed by atoms with van der Waals surface area (Å²) in [6.45, 7) is 0. The Morgan fingerprint density at radius 2 is 1.85 bits per heavy atom. The molecule has 1 aliphatic rings. The van der Waals surface area contributed by atoms with Gasteiger partial charge in [0.05, 0.1) is 31.1 Å². The minimum Gasteiger partial charge on any atom is -0.493 e. The lowest BCUT2D eigenvalue weighted by atomic mass is 9.98. The highest BCUT2D eigenvalue weighted by molar-refractivity contribution is 7.91. The molecule has 7 heteroatoms. The molecule has 0 spiro atoms. The Morgan fingerprint density at radius 3 is 2.35 bits per heavy atom. The minimum atomic E-state index is -2.97. The zero-order valence-corrected chi connectivity index (χ0v) is 13.6.